The number of aromatic amines is 1. The summed E-state index contributed by atoms with van der Waals surface area (Å²) >= 11 is 0. The summed E-state index contributed by atoms with van der Waals surface area (Å²) in [6.45, 7) is 2.34. The van der Waals surface area contributed by atoms with E-state index in [0.29, 0.717) is 30.8 Å². The zero-order valence-corrected chi connectivity index (χ0v) is 12.8. The molecule has 0 saturated heterocycles. The number of carbonyl (C=O) groups is 1. The molecular formula is C16H21N3O3. The first-order valence-electron chi connectivity index (χ1n) is 7.30. The lowest BCUT2D eigenvalue weighted by Crippen LogP contribution is -2.27. The fourth-order valence-electron chi connectivity index (χ4n) is 2.00. The molecule has 6 heteroatoms. The molecule has 0 bridgehead atoms. The van der Waals surface area contributed by atoms with Crippen molar-refractivity contribution in [2.45, 2.75) is 25.9 Å². The van der Waals surface area contributed by atoms with Gasteiger partial charge in [0.2, 0.25) is 0 Å². The van der Waals surface area contributed by atoms with E-state index in [4.69, 9.17) is 4.74 Å². The first kappa shape index (κ1) is 16.0. The molecular weight excluding hydrogens is 282 g/mol. The predicted octanol–water partition coefficient (Wildman–Crippen LogP) is 1.98. The van der Waals surface area contributed by atoms with Crippen molar-refractivity contribution in [2.75, 3.05) is 13.7 Å². The fraction of sp³-hybridized carbons (Fsp3) is 0.375. The minimum atomic E-state index is -0.378. The van der Waals surface area contributed by atoms with E-state index in [1.165, 1.54) is 0 Å². The number of hydrogen-bond acceptors (Lipinski definition) is 4. The topological polar surface area (TPSA) is 87.2 Å². The van der Waals surface area contributed by atoms with Gasteiger partial charge in [-0.1, -0.05) is 6.92 Å². The molecule has 0 spiro atoms. The molecule has 0 saturated carbocycles. The molecule has 3 N–H and O–H groups in total. The lowest BCUT2D eigenvalue weighted by atomic mass is 10.1. The average molecular weight is 303 g/mol. The number of ether oxygens (including phenoxy) is 1. The number of aliphatic hydroxyl groups excluding tert-OH is 1. The van der Waals surface area contributed by atoms with Crippen LogP contribution in [-0.2, 0) is 0 Å². The van der Waals surface area contributed by atoms with E-state index < -0.39 is 0 Å². The molecule has 1 amide bonds. The molecule has 1 heterocycles. The number of amides is 1. The van der Waals surface area contributed by atoms with E-state index >= 15 is 0 Å². The number of aromatic nitrogens is 2. The Hall–Kier alpha value is -2.34. The fourth-order valence-corrected chi connectivity index (χ4v) is 2.00. The molecule has 118 valence electrons. The van der Waals surface area contributed by atoms with E-state index in [2.05, 4.69) is 15.5 Å². The van der Waals surface area contributed by atoms with Crippen LogP contribution in [-0.4, -0.2) is 41.0 Å². The second kappa shape index (κ2) is 7.61. The Bertz CT molecular complexity index is 607. The van der Waals surface area contributed by atoms with Crippen molar-refractivity contribution < 1.29 is 14.6 Å². The zero-order chi connectivity index (χ0) is 15.9. The number of nitrogens with one attached hydrogen (secondary N) is 2. The number of aliphatic hydroxyl groups is 1. The van der Waals surface area contributed by atoms with Crippen molar-refractivity contribution in [1.29, 1.82) is 0 Å². The van der Waals surface area contributed by atoms with Crippen molar-refractivity contribution >= 4 is 5.91 Å². The summed E-state index contributed by atoms with van der Waals surface area (Å²) in [5.74, 6) is 0.544. The molecule has 2 rings (SSSR count). The Labute approximate surface area is 129 Å². The van der Waals surface area contributed by atoms with Crippen LogP contribution in [0.1, 0.15) is 30.3 Å². The van der Waals surface area contributed by atoms with Crippen molar-refractivity contribution in [3.05, 3.63) is 36.0 Å². The summed E-state index contributed by atoms with van der Waals surface area (Å²) < 4.78 is 5.11. The van der Waals surface area contributed by atoms with Gasteiger partial charge in [-0.3, -0.25) is 9.89 Å². The summed E-state index contributed by atoms with van der Waals surface area (Å²) in [4.78, 5) is 12.0. The van der Waals surface area contributed by atoms with Crippen molar-refractivity contribution in [1.82, 2.24) is 15.5 Å². The van der Waals surface area contributed by atoms with E-state index in [9.17, 15) is 9.90 Å². The lowest BCUT2D eigenvalue weighted by molar-refractivity contribution is 0.0937. The smallest absolute Gasteiger partial charge is 0.269 e. The summed E-state index contributed by atoms with van der Waals surface area (Å²) in [5.41, 5.74) is 2.00. The minimum absolute atomic E-state index is 0.226. The monoisotopic (exact) mass is 303 g/mol. The molecule has 1 unspecified atom stereocenters. The largest absolute Gasteiger partial charge is 0.497 e. The quantitative estimate of drug-likeness (QED) is 0.730. The van der Waals surface area contributed by atoms with Crippen LogP contribution < -0.4 is 10.1 Å². The first-order chi connectivity index (χ1) is 10.6. The lowest BCUT2D eigenvalue weighted by Gasteiger charge is -2.07. The molecule has 0 radical (unpaired) electrons. The van der Waals surface area contributed by atoms with Gasteiger partial charge in [0.25, 0.3) is 5.91 Å². The number of carbonyl (C=O) groups excluding carboxylic acids is 1. The molecule has 0 fully saturated rings. The second-order valence-electron chi connectivity index (χ2n) is 5.00. The van der Waals surface area contributed by atoms with Crippen LogP contribution in [0.5, 0.6) is 5.75 Å². The van der Waals surface area contributed by atoms with Crippen LogP contribution in [0.2, 0.25) is 0 Å². The molecule has 0 aliphatic carbocycles. The van der Waals surface area contributed by atoms with Gasteiger partial charge in [0.05, 0.1) is 18.9 Å². The van der Waals surface area contributed by atoms with Crippen molar-refractivity contribution in [2.24, 2.45) is 0 Å². The van der Waals surface area contributed by atoms with E-state index in [1.807, 2.05) is 31.2 Å². The third kappa shape index (κ3) is 4.08. The summed E-state index contributed by atoms with van der Waals surface area (Å²) in [6, 6.07) is 9.15. The molecule has 1 aromatic heterocycles. The maximum Gasteiger partial charge on any atom is 0.269 e. The molecule has 6 nitrogen and oxygen atoms in total. The number of hydrogen-bond donors (Lipinski definition) is 3. The minimum Gasteiger partial charge on any atom is -0.497 e. The number of nitrogens with zero attached hydrogens (tertiary/aromatic N) is 1. The molecule has 1 atom stereocenters. The van der Waals surface area contributed by atoms with Gasteiger partial charge in [0, 0.05) is 12.1 Å². The van der Waals surface area contributed by atoms with Crippen molar-refractivity contribution in [3.63, 3.8) is 0 Å². The summed E-state index contributed by atoms with van der Waals surface area (Å²) in [7, 11) is 1.61. The number of benzene rings is 1. The molecule has 2 aromatic rings. The summed E-state index contributed by atoms with van der Waals surface area (Å²) in [5, 5.41) is 19.1. The van der Waals surface area contributed by atoms with Crippen LogP contribution in [0.25, 0.3) is 11.3 Å². The molecule has 1 aromatic carbocycles. The standard InChI is InChI=1S/C16H21N3O3/c1-3-12(20)8-9-17-16(21)15-10-14(18-19-15)11-4-6-13(22-2)7-5-11/h4-7,10,12,20H,3,8-9H2,1-2H3,(H,17,21)(H,18,19). The van der Waals surface area contributed by atoms with Crippen LogP contribution >= 0.6 is 0 Å². The highest BCUT2D eigenvalue weighted by molar-refractivity contribution is 5.93. The zero-order valence-electron chi connectivity index (χ0n) is 12.8. The third-order valence-corrected chi connectivity index (χ3v) is 3.44. The van der Waals surface area contributed by atoms with Crippen molar-refractivity contribution in [3.8, 4) is 17.0 Å². The molecule has 0 aliphatic heterocycles. The predicted molar refractivity (Wildman–Crippen MR) is 83.8 cm³/mol. The maximum atomic E-state index is 12.0. The van der Waals surface area contributed by atoms with Gasteiger partial charge in [0.1, 0.15) is 11.4 Å². The Balaban J connectivity index is 1.96. The first-order valence-corrected chi connectivity index (χ1v) is 7.30. The highest BCUT2D eigenvalue weighted by atomic mass is 16.5. The highest BCUT2D eigenvalue weighted by Gasteiger charge is 2.11. The summed E-state index contributed by atoms with van der Waals surface area (Å²) in [6.07, 6.45) is 0.848. The van der Waals surface area contributed by atoms with Crippen LogP contribution in [0, 0.1) is 0 Å². The SMILES string of the molecule is CCC(O)CCNC(=O)c1cc(-c2ccc(OC)cc2)n[nH]1. The number of rotatable bonds is 7. The maximum absolute atomic E-state index is 12.0. The van der Waals surface area contributed by atoms with E-state index in [0.717, 1.165) is 11.3 Å². The Morgan fingerprint density at radius 1 is 1.41 bits per heavy atom. The number of H-pyrrole nitrogens is 1. The van der Waals surface area contributed by atoms with Gasteiger partial charge in [-0.2, -0.15) is 5.10 Å². The van der Waals surface area contributed by atoms with Crippen LogP contribution in [0.15, 0.2) is 30.3 Å². The van der Waals surface area contributed by atoms with Crippen LogP contribution in [0.4, 0.5) is 0 Å². The molecule has 22 heavy (non-hydrogen) atoms. The van der Waals surface area contributed by atoms with Gasteiger partial charge in [-0.25, -0.2) is 0 Å². The Kier molecular flexibility index (Phi) is 5.55. The third-order valence-electron chi connectivity index (χ3n) is 3.44. The normalized spacial score (nSPS) is 12.0. The number of methoxy groups -OCH3 is 1. The van der Waals surface area contributed by atoms with E-state index in [-0.39, 0.29) is 12.0 Å². The highest BCUT2D eigenvalue weighted by Crippen LogP contribution is 2.21. The van der Waals surface area contributed by atoms with Gasteiger partial charge in [0.15, 0.2) is 0 Å². The van der Waals surface area contributed by atoms with Gasteiger partial charge < -0.3 is 15.2 Å². The second-order valence-corrected chi connectivity index (χ2v) is 5.00. The van der Waals surface area contributed by atoms with Gasteiger partial charge in [-0.15, -0.1) is 0 Å². The average Bonchev–Trinajstić information content (AvgIpc) is 3.04. The Morgan fingerprint density at radius 2 is 2.14 bits per heavy atom. The Morgan fingerprint density at radius 3 is 2.77 bits per heavy atom. The van der Waals surface area contributed by atoms with Gasteiger partial charge in [-0.05, 0) is 43.2 Å². The molecule has 0 aliphatic rings. The van der Waals surface area contributed by atoms with Crippen LogP contribution in [0.3, 0.4) is 0 Å². The van der Waals surface area contributed by atoms with Gasteiger partial charge >= 0.3 is 0 Å². The van der Waals surface area contributed by atoms with E-state index in [1.54, 1.807) is 13.2 Å².